The molecule has 5 nitrogen and oxygen atoms in total. The van der Waals surface area contributed by atoms with Gasteiger partial charge in [-0.15, -0.1) is 22.7 Å². The highest BCUT2D eigenvalue weighted by atomic mass is 32.1. The van der Waals surface area contributed by atoms with E-state index in [1.54, 1.807) is 22.8 Å². The summed E-state index contributed by atoms with van der Waals surface area (Å²) in [6.07, 6.45) is 0.244. The Morgan fingerprint density at radius 1 is 1.43 bits per heavy atom. The lowest BCUT2D eigenvalue weighted by molar-refractivity contribution is -0.141. The molecule has 0 radical (unpaired) electrons. The third-order valence-electron chi connectivity index (χ3n) is 2.91. The average molecular weight is 325 g/mol. The van der Waals surface area contributed by atoms with E-state index in [4.69, 9.17) is 9.84 Å². The molecule has 0 aliphatic carbocycles. The normalized spacial score (nSPS) is 12.0. The molecule has 0 bridgehead atoms. The number of aromatic carboxylic acids is 1. The van der Waals surface area contributed by atoms with Gasteiger partial charge in [0.25, 0.3) is 0 Å². The first-order chi connectivity index (χ1) is 10.1. The molecule has 21 heavy (non-hydrogen) atoms. The van der Waals surface area contributed by atoms with E-state index < -0.39 is 5.97 Å². The van der Waals surface area contributed by atoms with E-state index in [9.17, 15) is 9.59 Å². The summed E-state index contributed by atoms with van der Waals surface area (Å²) >= 11 is 2.95. The molecule has 112 valence electrons. The topological polar surface area (TPSA) is 75.6 Å². The van der Waals surface area contributed by atoms with E-state index in [1.807, 2.05) is 17.5 Å². The number of thiophene rings is 2. The lowest BCUT2D eigenvalue weighted by Gasteiger charge is -2.15. The smallest absolute Gasteiger partial charge is 0.336 e. The molecule has 0 aromatic carbocycles. The molecule has 0 fully saturated rings. The van der Waals surface area contributed by atoms with Gasteiger partial charge in [0.15, 0.2) is 0 Å². The van der Waals surface area contributed by atoms with Crippen LogP contribution in [0.3, 0.4) is 0 Å². The van der Waals surface area contributed by atoms with Gasteiger partial charge in [-0.25, -0.2) is 4.79 Å². The van der Waals surface area contributed by atoms with E-state index in [1.165, 1.54) is 18.4 Å². The van der Waals surface area contributed by atoms with Gasteiger partial charge in [-0.1, -0.05) is 6.07 Å². The average Bonchev–Trinajstić information content (AvgIpc) is 3.14. The summed E-state index contributed by atoms with van der Waals surface area (Å²) in [5, 5.41) is 15.8. The predicted octanol–water partition coefficient (Wildman–Crippen LogP) is 2.90. The number of rotatable bonds is 7. The van der Waals surface area contributed by atoms with Crippen molar-refractivity contribution < 1.29 is 19.4 Å². The molecule has 0 saturated heterocycles. The summed E-state index contributed by atoms with van der Waals surface area (Å²) in [5.74, 6) is -1.21. The Kier molecular flexibility index (Phi) is 5.49. The second-order valence-electron chi connectivity index (χ2n) is 4.34. The van der Waals surface area contributed by atoms with Crippen LogP contribution in [0.2, 0.25) is 0 Å². The maximum atomic E-state index is 11.5. The highest BCUT2D eigenvalue weighted by Gasteiger charge is 2.17. The molecule has 1 atom stereocenters. The molecule has 0 saturated carbocycles. The van der Waals surface area contributed by atoms with Gasteiger partial charge in [0.2, 0.25) is 0 Å². The largest absolute Gasteiger partial charge is 0.478 e. The van der Waals surface area contributed by atoms with Crippen molar-refractivity contribution in [2.45, 2.75) is 19.0 Å². The third kappa shape index (κ3) is 4.38. The van der Waals surface area contributed by atoms with E-state index in [2.05, 4.69) is 5.32 Å². The van der Waals surface area contributed by atoms with Crippen LogP contribution < -0.4 is 5.32 Å². The summed E-state index contributed by atoms with van der Waals surface area (Å²) in [6.45, 7) is 0.511. The number of hydrogen-bond donors (Lipinski definition) is 2. The Morgan fingerprint density at radius 3 is 2.81 bits per heavy atom. The SMILES string of the molecule is COC(=O)CC(NCc1cc(C(=O)O)cs1)c1cccs1. The second-order valence-corrected chi connectivity index (χ2v) is 6.31. The molecule has 2 rings (SSSR count). The van der Waals surface area contributed by atoms with Crippen LogP contribution in [-0.4, -0.2) is 24.2 Å². The summed E-state index contributed by atoms with van der Waals surface area (Å²) < 4.78 is 4.72. The van der Waals surface area contributed by atoms with Gasteiger partial charge in [-0.3, -0.25) is 4.79 Å². The van der Waals surface area contributed by atoms with Crippen LogP contribution in [-0.2, 0) is 16.1 Å². The Labute approximate surface area is 130 Å². The van der Waals surface area contributed by atoms with Gasteiger partial charge in [-0.2, -0.15) is 0 Å². The molecule has 2 N–H and O–H groups in total. The first kappa shape index (κ1) is 15.7. The molecule has 0 aliphatic heterocycles. The van der Waals surface area contributed by atoms with Crippen molar-refractivity contribution >= 4 is 34.6 Å². The van der Waals surface area contributed by atoms with E-state index in [0.29, 0.717) is 6.54 Å². The zero-order chi connectivity index (χ0) is 15.2. The molecule has 7 heteroatoms. The standard InChI is InChI=1S/C14H15NO4S2/c1-19-13(16)6-11(12-3-2-4-20-12)15-7-10-5-9(8-21-10)14(17)18/h2-5,8,11,15H,6-7H2,1H3,(H,17,18). The fourth-order valence-electron chi connectivity index (χ4n) is 1.82. The van der Waals surface area contributed by atoms with Gasteiger partial charge in [0.1, 0.15) is 0 Å². The predicted molar refractivity (Wildman–Crippen MR) is 81.8 cm³/mol. The van der Waals surface area contributed by atoms with E-state index in [0.717, 1.165) is 9.75 Å². The van der Waals surface area contributed by atoms with E-state index >= 15 is 0 Å². The molecule has 0 spiro atoms. The Balaban J connectivity index is 2.01. The lowest BCUT2D eigenvalue weighted by atomic mass is 10.1. The minimum Gasteiger partial charge on any atom is -0.478 e. The number of ether oxygens (including phenoxy) is 1. The Morgan fingerprint density at radius 2 is 2.24 bits per heavy atom. The minimum absolute atomic E-state index is 0.132. The van der Waals surface area contributed by atoms with E-state index in [-0.39, 0.29) is 24.0 Å². The molecule has 2 aromatic rings. The van der Waals surface area contributed by atoms with Gasteiger partial charge < -0.3 is 15.2 Å². The zero-order valence-electron chi connectivity index (χ0n) is 11.4. The van der Waals surface area contributed by atoms with Crippen LogP contribution in [0.1, 0.15) is 32.6 Å². The van der Waals surface area contributed by atoms with Crippen LogP contribution >= 0.6 is 22.7 Å². The van der Waals surface area contributed by atoms with Crippen molar-refractivity contribution in [3.8, 4) is 0 Å². The summed E-state index contributed by atoms with van der Waals surface area (Å²) in [4.78, 5) is 24.3. The van der Waals surface area contributed by atoms with Crippen molar-refractivity contribution in [2.24, 2.45) is 0 Å². The number of hydrogen-bond acceptors (Lipinski definition) is 6. The summed E-state index contributed by atoms with van der Waals surface area (Å²) in [5.41, 5.74) is 0.289. The summed E-state index contributed by atoms with van der Waals surface area (Å²) in [7, 11) is 1.37. The molecule has 1 unspecified atom stereocenters. The summed E-state index contributed by atoms with van der Waals surface area (Å²) in [6, 6.07) is 5.40. The quantitative estimate of drug-likeness (QED) is 0.766. The molecular formula is C14H15NO4S2. The zero-order valence-corrected chi connectivity index (χ0v) is 13.0. The van der Waals surface area contributed by atoms with Gasteiger partial charge >= 0.3 is 11.9 Å². The number of carbonyl (C=O) groups is 2. The Hall–Kier alpha value is -1.70. The molecule has 0 amide bonds. The van der Waals surface area contributed by atoms with Crippen LogP contribution in [0.5, 0.6) is 0 Å². The molecule has 2 aromatic heterocycles. The van der Waals surface area contributed by atoms with Crippen molar-refractivity contribution in [3.63, 3.8) is 0 Å². The maximum Gasteiger partial charge on any atom is 0.336 e. The van der Waals surface area contributed by atoms with Gasteiger partial charge in [-0.05, 0) is 17.5 Å². The first-order valence-corrected chi connectivity index (χ1v) is 8.00. The van der Waals surface area contributed by atoms with Gasteiger partial charge in [0.05, 0.1) is 25.1 Å². The monoisotopic (exact) mass is 325 g/mol. The minimum atomic E-state index is -0.929. The maximum absolute atomic E-state index is 11.5. The number of nitrogens with one attached hydrogen (secondary N) is 1. The van der Waals surface area contributed by atoms with Crippen LogP contribution in [0, 0.1) is 0 Å². The van der Waals surface area contributed by atoms with Crippen molar-refractivity contribution in [2.75, 3.05) is 7.11 Å². The van der Waals surface area contributed by atoms with Crippen molar-refractivity contribution in [1.82, 2.24) is 5.32 Å². The van der Waals surface area contributed by atoms with Gasteiger partial charge in [0, 0.05) is 21.7 Å². The molecule has 2 heterocycles. The number of esters is 1. The van der Waals surface area contributed by atoms with Crippen molar-refractivity contribution in [3.05, 3.63) is 44.3 Å². The highest BCUT2D eigenvalue weighted by Crippen LogP contribution is 2.24. The van der Waals surface area contributed by atoms with Crippen molar-refractivity contribution in [1.29, 1.82) is 0 Å². The fourth-order valence-corrected chi connectivity index (χ4v) is 3.43. The first-order valence-electron chi connectivity index (χ1n) is 6.24. The molecule has 0 aliphatic rings. The van der Waals surface area contributed by atoms with Crippen LogP contribution in [0.15, 0.2) is 29.0 Å². The number of carboxylic acid groups (broad SMARTS) is 1. The number of carboxylic acids is 1. The van der Waals surface area contributed by atoms with Crippen LogP contribution in [0.25, 0.3) is 0 Å². The lowest BCUT2D eigenvalue weighted by Crippen LogP contribution is -2.23. The number of carbonyl (C=O) groups excluding carboxylic acids is 1. The third-order valence-corrected chi connectivity index (χ3v) is 4.83. The van der Waals surface area contributed by atoms with Crippen LogP contribution in [0.4, 0.5) is 0 Å². The molecular weight excluding hydrogens is 310 g/mol. The number of methoxy groups -OCH3 is 1. The highest BCUT2D eigenvalue weighted by molar-refractivity contribution is 7.10. The fraction of sp³-hybridized carbons (Fsp3) is 0.286. The Bertz CT molecular complexity index is 606. The second kappa shape index (κ2) is 7.35.